The Kier molecular flexibility index (Phi) is 8.11. The van der Waals surface area contributed by atoms with Gasteiger partial charge >= 0.3 is 12.0 Å². The van der Waals surface area contributed by atoms with Gasteiger partial charge < -0.3 is 20.3 Å². The summed E-state index contributed by atoms with van der Waals surface area (Å²) >= 11 is 5.84. The molecular weight excluding hydrogens is 382 g/mol. The van der Waals surface area contributed by atoms with Crippen molar-refractivity contribution in [3.05, 3.63) is 29.3 Å². The molecule has 2 N–H and O–H groups in total. The molecule has 0 saturated carbocycles. The Balaban J connectivity index is 1.99. The first kappa shape index (κ1) is 22.0. The fourth-order valence-corrected chi connectivity index (χ4v) is 3.31. The number of halogens is 1. The van der Waals surface area contributed by atoms with Crippen LogP contribution in [0.3, 0.4) is 0 Å². The molecule has 0 bridgehead atoms. The Hall–Kier alpha value is -2.28. The molecule has 7 nitrogen and oxygen atoms in total. The molecule has 2 atom stereocenters. The van der Waals surface area contributed by atoms with Crippen LogP contribution in [-0.4, -0.2) is 48.5 Å². The fraction of sp³-hybridized carbons (Fsp3) is 0.550. The number of carbonyl (C=O) groups is 3. The minimum atomic E-state index is -0.687. The molecule has 0 aliphatic carbocycles. The van der Waals surface area contributed by atoms with Gasteiger partial charge in [0.05, 0.1) is 12.5 Å². The summed E-state index contributed by atoms with van der Waals surface area (Å²) in [6.07, 6.45) is 1.44. The highest BCUT2D eigenvalue weighted by atomic mass is 35.5. The maximum absolute atomic E-state index is 13.0. The van der Waals surface area contributed by atoms with Crippen molar-refractivity contribution in [2.24, 2.45) is 11.8 Å². The molecule has 1 heterocycles. The van der Waals surface area contributed by atoms with Crippen LogP contribution in [0, 0.1) is 11.8 Å². The van der Waals surface area contributed by atoms with E-state index in [1.165, 1.54) is 0 Å². The number of piperidine rings is 1. The molecule has 8 heteroatoms. The number of benzene rings is 1. The SMILES string of the molecule is CCOC(=O)C1CCCN(C(=O)C(NC(=O)Nc2ccc(Cl)cc2)C(C)C)C1. The molecule has 0 aromatic heterocycles. The number of nitrogens with one attached hydrogen (secondary N) is 2. The van der Waals surface area contributed by atoms with Crippen LogP contribution in [0.2, 0.25) is 5.02 Å². The molecule has 1 aliphatic heterocycles. The van der Waals surface area contributed by atoms with E-state index in [4.69, 9.17) is 16.3 Å². The van der Waals surface area contributed by atoms with E-state index in [-0.39, 0.29) is 23.7 Å². The summed E-state index contributed by atoms with van der Waals surface area (Å²) in [5.74, 6) is -0.871. The van der Waals surface area contributed by atoms with Crippen molar-refractivity contribution >= 4 is 35.2 Å². The summed E-state index contributed by atoms with van der Waals surface area (Å²) in [4.78, 5) is 39.0. The van der Waals surface area contributed by atoms with Gasteiger partial charge in [0.1, 0.15) is 6.04 Å². The number of amides is 3. The quantitative estimate of drug-likeness (QED) is 0.705. The summed E-state index contributed by atoms with van der Waals surface area (Å²) in [6.45, 7) is 6.72. The Bertz CT molecular complexity index is 693. The van der Waals surface area contributed by atoms with Crippen molar-refractivity contribution in [2.75, 3.05) is 25.0 Å². The molecule has 1 fully saturated rings. The summed E-state index contributed by atoms with van der Waals surface area (Å²) in [6, 6.07) is 5.56. The number of urea groups is 1. The highest BCUT2D eigenvalue weighted by Crippen LogP contribution is 2.20. The molecule has 154 valence electrons. The van der Waals surface area contributed by atoms with Crippen LogP contribution in [-0.2, 0) is 14.3 Å². The minimum Gasteiger partial charge on any atom is -0.466 e. The lowest BCUT2D eigenvalue weighted by molar-refractivity contribution is -0.151. The number of hydrogen-bond donors (Lipinski definition) is 2. The number of rotatable bonds is 6. The summed E-state index contributed by atoms with van der Waals surface area (Å²) in [5, 5.41) is 6.03. The van der Waals surface area contributed by atoms with E-state index in [2.05, 4.69) is 10.6 Å². The molecule has 1 saturated heterocycles. The fourth-order valence-electron chi connectivity index (χ4n) is 3.18. The lowest BCUT2D eigenvalue weighted by atomic mass is 9.95. The third kappa shape index (κ3) is 6.12. The molecule has 1 aliphatic rings. The van der Waals surface area contributed by atoms with E-state index in [1.54, 1.807) is 36.1 Å². The first-order valence-corrected chi connectivity index (χ1v) is 9.98. The minimum absolute atomic E-state index is 0.105. The first-order chi connectivity index (χ1) is 13.3. The van der Waals surface area contributed by atoms with Crippen LogP contribution < -0.4 is 10.6 Å². The highest BCUT2D eigenvalue weighted by molar-refractivity contribution is 6.30. The molecule has 1 aromatic carbocycles. The van der Waals surface area contributed by atoms with Gasteiger partial charge in [-0.3, -0.25) is 9.59 Å². The van der Waals surface area contributed by atoms with Gasteiger partial charge in [-0.15, -0.1) is 0 Å². The Labute approximate surface area is 170 Å². The second-order valence-electron chi connectivity index (χ2n) is 7.20. The maximum atomic E-state index is 13.0. The summed E-state index contributed by atoms with van der Waals surface area (Å²) in [7, 11) is 0. The zero-order valence-corrected chi connectivity index (χ0v) is 17.3. The van der Waals surface area contributed by atoms with E-state index in [0.717, 1.165) is 6.42 Å². The average Bonchev–Trinajstić information content (AvgIpc) is 2.67. The van der Waals surface area contributed by atoms with Crippen molar-refractivity contribution in [1.82, 2.24) is 10.2 Å². The summed E-state index contributed by atoms with van der Waals surface area (Å²) < 4.78 is 5.09. The van der Waals surface area contributed by atoms with Gasteiger partial charge in [0, 0.05) is 23.8 Å². The van der Waals surface area contributed by atoms with E-state index in [1.807, 2.05) is 13.8 Å². The van der Waals surface area contributed by atoms with E-state index in [9.17, 15) is 14.4 Å². The van der Waals surface area contributed by atoms with E-state index >= 15 is 0 Å². The number of likely N-dealkylation sites (tertiary alicyclic amines) is 1. The third-order valence-electron chi connectivity index (χ3n) is 4.67. The largest absolute Gasteiger partial charge is 0.466 e. The predicted molar refractivity (Wildman–Crippen MR) is 108 cm³/mol. The first-order valence-electron chi connectivity index (χ1n) is 9.60. The van der Waals surface area contributed by atoms with Gasteiger partial charge in [-0.25, -0.2) is 4.79 Å². The third-order valence-corrected chi connectivity index (χ3v) is 4.93. The van der Waals surface area contributed by atoms with Crippen LogP contribution in [0.4, 0.5) is 10.5 Å². The maximum Gasteiger partial charge on any atom is 0.319 e. The van der Waals surface area contributed by atoms with Gasteiger partial charge in [-0.05, 0) is 49.9 Å². The van der Waals surface area contributed by atoms with Gasteiger partial charge in [-0.1, -0.05) is 25.4 Å². The number of hydrogen-bond acceptors (Lipinski definition) is 4. The average molecular weight is 410 g/mol. The number of carbonyl (C=O) groups excluding carboxylic acids is 3. The van der Waals surface area contributed by atoms with E-state index in [0.29, 0.717) is 36.8 Å². The zero-order valence-electron chi connectivity index (χ0n) is 16.5. The molecule has 3 amide bonds. The normalized spacial score (nSPS) is 17.8. The Morgan fingerprint density at radius 3 is 2.54 bits per heavy atom. The van der Waals surface area contributed by atoms with Crippen LogP contribution in [0.15, 0.2) is 24.3 Å². The summed E-state index contributed by atoms with van der Waals surface area (Å²) in [5.41, 5.74) is 0.581. The highest BCUT2D eigenvalue weighted by Gasteiger charge is 2.34. The van der Waals surface area contributed by atoms with Gasteiger partial charge in [-0.2, -0.15) is 0 Å². The van der Waals surface area contributed by atoms with Crippen LogP contribution in [0.5, 0.6) is 0 Å². The second kappa shape index (κ2) is 10.3. The molecule has 28 heavy (non-hydrogen) atoms. The van der Waals surface area contributed by atoms with Crippen molar-refractivity contribution in [3.63, 3.8) is 0 Å². The monoisotopic (exact) mass is 409 g/mol. The number of anilines is 1. The topological polar surface area (TPSA) is 87.7 Å². The van der Waals surface area contributed by atoms with Gasteiger partial charge in [0.15, 0.2) is 0 Å². The Morgan fingerprint density at radius 1 is 1.25 bits per heavy atom. The molecule has 2 rings (SSSR count). The van der Waals surface area contributed by atoms with E-state index < -0.39 is 12.1 Å². The lowest BCUT2D eigenvalue weighted by Crippen LogP contribution is -2.54. The predicted octanol–water partition coefficient (Wildman–Crippen LogP) is 3.29. The number of ether oxygens (including phenoxy) is 1. The smallest absolute Gasteiger partial charge is 0.319 e. The molecule has 1 aromatic rings. The van der Waals surface area contributed by atoms with Gasteiger partial charge in [0.2, 0.25) is 5.91 Å². The van der Waals surface area contributed by atoms with Crippen molar-refractivity contribution in [3.8, 4) is 0 Å². The second-order valence-corrected chi connectivity index (χ2v) is 7.64. The Morgan fingerprint density at radius 2 is 1.93 bits per heavy atom. The lowest BCUT2D eigenvalue weighted by Gasteiger charge is -2.35. The van der Waals surface area contributed by atoms with Crippen LogP contribution >= 0.6 is 11.6 Å². The van der Waals surface area contributed by atoms with Crippen molar-refractivity contribution < 1.29 is 19.1 Å². The van der Waals surface area contributed by atoms with Crippen LogP contribution in [0.25, 0.3) is 0 Å². The van der Waals surface area contributed by atoms with Gasteiger partial charge in [0.25, 0.3) is 0 Å². The molecular formula is C20H28ClN3O4. The van der Waals surface area contributed by atoms with Crippen molar-refractivity contribution in [2.45, 2.75) is 39.7 Å². The van der Waals surface area contributed by atoms with Crippen molar-refractivity contribution in [1.29, 1.82) is 0 Å². The molecule has 2 unspecified atom stereocenters. The number of esters is 1. The molecule has 0 radical (unpaired) electrons. The van der Waals surface area contributed by atoms with Crippen LogP contribution in [0.1, 0.15) is 33.6 Å². The molecule has 0 spiro atoms. The zero-order chi connectivity index (χ0) is 20.7. The standard InChI is InChI=1S/C20H28ClN3O4/c1-4-28-19(26)14-6-5-11-24(12-14)18(25)17(13(2)3)23-20(27)22-16-9-7-15(21)8-10-16/h7-10,13-14,17H,4-6,11-12H2,1-3H3,(H2,22,23,27). The number of nitrogens with zero attached hydrogens (tertiary/aromatic N) is 1.